The van der Waals surface area contributed by atoms with Crippen molar-refractivity contribution in [2.24, 2.45) is 0 Å². The summed E-state index contributed by atoms with van der Waals surface area (Å²) in [7, 11) is 1.59. The van der Waals surface area contributed by atoms with E-state index in [0.29, 0.717) is 13.2 Å². The molecule has 1 amide bonds. The Bertz CT molecular complexity index is 619. The minimum absolute atomic E-state index is 0.209. The molecule has 0 N–H and O–H groups in total. The van der Waals surface area contributed by atoms with E-state index in [0.717, 1.165) is 22.4 Å². The van der Waals surface area contributed by atoms with Gasteiger partial charge in [0.15, 0.2) is 0 Å². The van der Waals surface area contributed by atoms with Gasteiger partial charge in [-0.1, -0.05) is 0 Å². The molecule has 3 rings (SSSR count). The molecule has 1 saturated heterocycles. The average Bonchev–Trinajstić information content (AvgIpc) is 2.90. The summed E-state index contributed by atoms with van der Waals surface area (Å²) < 4.78 is 15.8. The lowest BCUT2D eigenvalue weighted by atomic mass is 10.2. The van der Waals surface area contributed by atoms with Gasteiger partial charge in [0.1, 0.15) is 17.4 Å². The van der Waals surface area contributed by atoms with E-state index >= 15 is 0 Å². The van der Waals surface area contributed by atoms with Gasteiger partial charge in [0.25, 0.3) is 0 Å². The number of cyclic esters (lactones) is 1. The van der Waals surface area contributed by atoms with Gasteiger partial charge >= 0.3 is 6.09 Å². The molecular formula is C14H15NO4. The van der Waals surface area contributed by atoms with Crippen molar-refractivity contribution in [2.75, 3.05) is 25.2 Å². The smallest absolute Gasteiger partial charge is 0.414 e. The second-order valence-electron chi connectivity index (χ2n) is 4.65. The number of hydrogen-bond acceptors (Lipinski definition) is 4. The molecule has 1 atom stereocenters. The average molecular weight is 261 g/mol. The maximum Gasteiger partial charge on any atom is 0.414 e. The van der Waals surface area contributed by atoms with Crippen molar-refractivity contribution in [3.05, 3.63) is 30.0 Å². The molecule has 1 aliphatic rings. The minimum atomic E-state index is -0.332. The van der Waals surface area contributed by atoms with Crippen molar-refractivity contribution in [1.29, 1.82) is 0 Å². The van der Waals surface area contributed by atoms with Crippen LogP contribution in [0.15, 0.2) is 28.7 Å². The number of anilines is 1. The molecule has 0 saturated carbocycles. The number of aryl methyl sites for hydroxylation is 1. The predicted molar refractivity (Wildman–Crippen MR) is 70.4 cm³/mol. The van der Waals surface area contributed by atoms with Gasteiger partial charge in [0.05, 0.1) is 13.2 Å². The summed E-state index contributed by atoms with van der Waals surface area (Å²) in [6.07, 6.45) is -0.541. The van der Waals surface area contributed by atoms with E-state index in [4.69, 9.17) is 13.9 Å². The van der Waals surface area contributed by atoms with Crippen LogP contribution in [0.2, 0.25) is 0 Å². The molecule has 19 heavy (non-hydrogen) atoms. The van der Waals surface area contributed by atoms with Gasteiger partial charge in [-0.15, -0.1) is 0 Å². The third-order valence-corrected chi connectivity index (χ3v) is 3.16. The standard InChI is InChI=1S/C14H15NO4/c1-9-5-10-6-11(3-4-13(10)18-9)15-7-12(8-17-2)19-14(15)16/h3-6,12H,7-8H2,1-2H3. The number of furan rings is 1. The zero-order valence-electron chi connectivity index (χ0n) is 10.9. The number of carbonyl (C=O) groups excluding carboxylic acids is 1. The minimum Gasteiger partial charge on any atom is -0.461 e. The Balaban J connectivity index is 1.89. The Hall–Kier alpha value is -2.01. The van der Waals surface area contributed by atoms with Crippen LogP contribution in [0.3, 0.4) is 0 Å². The molecule has 2 aromatic rings. The SMILES string of the molecule is COCC1CN(c2ccc3oc(C)cc3c2)C(=O)O1. The van der Waals surface area contributed by atoms with Gasteiger partial charge in [-0.25, -0.2) is 4.79 Å². The van der Waals surface area contributed by atoms with Crippen molar-refractivity contribution in [1.82, 2.24) is 0 Å². The lowest BCUT2D eigenvalue weighted by Crippen LogP contribution is -2.25. The van der Waals surface area contributed by atoms with E-state index in [1.54, 1.807) is 12.0 Å². The lowest BCUT2D eigenvalue weighted by molar-refractivity contribution is 0.0718. The fraction of sp³-hybridized carbons (Fsp3) is 0.357. The largest absolute Gasteiger partial charge is 0.461 e. The molecular weight excluding hydrogens is 246 g/mol. The fourth-order valence-corrected chi connectivity index (χ4v) is 2.34. The van der Waals surface area contributed by atoms with E-state index in [2.05, 4.69) is 0 Å². The Labute approximate surface area is 110 Å². The zero-order valence-corrected chi connectivity index (χ0v) is 10.9. The van der Waals surface area contributed by atoms with Crippen LogP contribution in [-0.2, 0) is 9.47 Å². The van der Waals surface area contributed by atoms with Crippen molar-refractivity contribution in [3.63, 3.8) is 0 Å². The summed E-state index contributed by atoms with van der Waals surface area (Å²) in [5.41, 5.74) is 1.64. The maximum absolute atomic E-state index is 11.8. The van der Waals surface area contributed by atoms with Crippen molar-refractivity contribution >= 4 is 22.7 Å². The fourth-order valence-electron chi connectivity index (χ4n) is 2.34. The molecule has 2 heterocycles. The van der Waals surface area contributed by atoms with E-state index in [-0.39, 0.29) is 12.2 Å². The number of fused-ring (bicyclic) bond motifs is 1. The van der Waals surface area contributed by atoms with Crippen LogP contribution in [0.1, 0.15) is 5.76 Å². The molecule has 1 aromatic heterocycles. The summed E-state index contributed by atoms with van der Waals surface area (Å²) in [6, 6.07) is 7.62. The van der Waals surface area contributed by atoms with Gasteiger partial charge in [-0.2, -0.15) is 0 Å². The van der Waals surface area contributed by atoms with Gasteiger partial charge in [0.2, 0.25) is 0 Å². The molecule has 100 valence electrons. The van der Waals surface area contributed by atoms with E-state index in [9.17, 15) is 4.79 Å². The third kappa shape index (κ3) is 2.17. The number of amides is 1. The second-order valence-corrected chi connectivity index (χ2v) is 4.65. The van der Waals surface area contributed by atoms with Gasteiger partial charge in [-0.05, 0) is 31.2 Å². The molecule has 1 unspecified atom stereocenters. The number of ether oxygens (including phenoxy) is 2. The highest BCUT2D eigenvalue weighted by Crippen LogP contribution is 2.27. The second kappa shape index (κ2) is 4.59. The van der Waals surface area contributed by atoms with Crippen LogP contribution < -0.4 is 4.90 Å². The summed E-state index contributed by atoms with van der Waals surface area (Å²) in [4.78, 5) is 13.4. The first kappa shape index (κ1) is 12.0. The number of hydrogen-bond donors (Lipinski definition) is 0. The third-order valence-electron chi connectivity index (χ3n) is 3.16. The molecule has 0 spiro atoms. The molecule has 0 radical (unpaired) electrons. The Morgan fingerprint density at radius 3 is 3.05 bits per heavy atom. The van der Waals surface area contributed by atoms with E-state index < -0.39 is 0 Å². The molecule has 0 bridgehead atoms. The van der Waals surface area contributed by atoms with Crippen LogP contribution in [0, 0.1) is 6.92 Å². The normalized spacial score (nSPS) is 19.2. The summed E-state index contributed by atoms with van der Waals surface area (Å²) in [5, 5.41) is 0.984. The van der Waals surface area contributed by atoms with Crippen LogP contribution in [0.4, 0.5) is 10.5 Å². The highest BCUT2D eigenvalue weighted by molar-refractivity contribution is 5.93. The Kier molecular flexibility index (Phi) is 2.91. The zero-order chi connectivity index (χ0) is 13.4. The number of methoxy groups -OCH3 is 1. The van der Waals surface area contributed by atoms with Gasteiger partial charge < -0.3 is 13.9 Å². The quantitative estimate of drug-likeness (QED) is 0.852. The van der Waals surface area contributed by atoms with Crippen LogP contribution >= 0.6 is 0 Å². The maximum atomic E-state index is 11.8. The molecule has 5 nitrogen and oxygen atoms in total. The molecule has 1 aromatic carbocycles. The molecule has 1 aliphatic heterocycles. The highest BCUT2D eigenvalue weighted by Gasteiger charge is 2.32. The summed E-state index contributed by atoms with van der Waals surface area (Å²) in [5.74, 6) is 0.855. The lowest BCUT2D eigenvalue weighted by Gasteiger charge is -2.12. The number of benzene rings is 1. The monoisotopic (exact) mass is 261 g/mol. The first-order valence-electron chi connectivity index (χ1n) is 6.14. The number of nitrogens with zero attached hydrogens (tertiary/aromatic N) is 1. The van der Waals surface area contributed by atoms with Crippen molar-refractivity contribution < 1.29 is 18.7 Å². The molecule has 0 aliphatic carbocycles. The van der Waals surface area contributed by atoms with Crippen molar-refractivity contribution in [2.45, 2.75) is 13.0 Å². The molecule has 5 heteroatoms. The number of carbonyl (C=O) groups is 1. The summed E-state index contributed by atoms with van der Waals surface area (Å²) in [6.45, 7) is 2.82. The van der Waals surface area contributed by atoms with Gasteiger partial charge in [0, 0.05) is 18.2 Å². The van der Waals surface area contributed by atoms with Gasteiger partial charge in [-0.3, -0.25) is 4.90 Å². The van der Waals surface area contributed by atoms with Crippen LogP contribution in [-0.4, -0.2) is 32.5 Å². The topological polar surface area (TPSA) is 51.9 Å². The molecule has 1 fully saturated rings. The first-order chi connectivity index (χ1) is 9.17. The van der Waals surface area contributed by atoms with Crippen LogP contribution in [0.5, 0.6) is 0 Å². The predicted octanol–water partition coefficient (Wildman–Crippen LogP) is 2.71. The highest BCUT2D eigenvalue weighted by atomic mass is 16.6. The van der Waals surface area contributed by atoms with Crippen molar-refractivity contribution in [3.8, 4) is 0 Å². The van der Waals surface area contributed by atoms with E-state index in [1.165, 1.54) is 0 Å². The Morgan fingerprint density at radius 2 is 2.26 bits per heavy atom. The first-order valence-corrected chi connectivity index (χ1v) is 6.14. The van der Waals surface area contributed by atoms with E-state index in [1.807, 2.05) is 31.2 Å². The number of rotatable bonds is 3. The Morgan fingerprint density at radius 1 is 1.42 bits per heavy atom. The summed E-state index contributed by atoms with van der Waals surface area (Å²) >= 11 is 0. The van der Waals surface area contributed by atoms with Crippen LogP contribution in [0.25, 0.3) is 11.0 Å².